The van der Waals surface area contributed by atoms with Crippen molar-refractivity contribution in [2.24, 2.45) is 0 Å². The summed E-state index contributed by atoms with van der Waals surface area (Å²) in [4.78, 5) is 2.23. The number of ether oxygens (including phenoxy) is 2. The highest BCUT2D eigenvalue weighted by atomic mass is 79.9. The predicted molar refractivity (Wildman–Crippen MR) is 142 cm³/mol. The van der Waals surface area contributed by atoms with Crippen LogP contribution in [-0.2, 0) is 0 Å². The van der Waals surface area contributed by atoms with Crippen molar-refractivity contribution < 1.29 is 13.9 Å². The molecular formula is C30H16BrNO3. The van der Waals surface area contributed by atoms with Gasteiger partial charge in [-0.3, -0.25) is 4.90 Å². The Morgan fingerprint density at radius 3 is 1.86 bits per heavy atom. The molecule has 4 nitrogen and oxygen atoms in total. The number of anilines is 3. The molecule has 5 aromatic carbocycles. The van der Waals surface area contributed by atoms with Crippen molar-refractivity contribution in [2.75, 3.05) is 4.90 Å². The number of hydrogen-bond donors (Lipinski definition) is 0. The average molecular weight is 518 g/mol. The van der Waals surface area contributed by atoms with Crippen LogP contribution in [0.15, 0.2) is 106 Å². The summed E-state index contributed by atoms with van der Waals surface area (Å²) in [5, 5.41) is 2.15. The fourth-order valence-electron chi connectivity index (χ4n) is 5.19. The zero-order chi connectivity index (χ0) is 23.1. The van der Waals surface area contributed by atoms with Crippen LogP contribution in [0, 0.1) is 0 Å². The second kappa shape index (κ2) is 6.90. The largest absolute Gasteiger partial charge is 0.454 e. The second-order valence-electron chi connectivity index (χ2n) is 8.70. The molecule has 0 aliphatic carbocycles. The Bertz CT molecular complexity index is 1770. The highest BCUT2D eigenvalue weighted by molar-refractivity contribution is 9.10. The number of hydrogen-bond acceptors (Lipinski definition) is 4. The van der Waals surface area contributed by atoms with E-state index in [0.29, 0.717) is 0 Å². The molecule has 0 amide bonds. The van der Waals surface area contributed by atoms with Crippen LogP contribution < -0.4 is 14.4 Å². The Morgan fingerprint density at radius 1 is 0.571 bits per heavy atom. The van der Waals surface area contributed by atoms with Gasteiger partial charge >= 0.3 is 0 Å². The molecule has 0 atom stereocenters. The van der Waals surface area contributed by atoms with Gasteiger partial charge in [0.25, 0.3) is 0 Å². The number of para-hydroxylation sites is 6. The maximum Gasteiger partial charge on any atom is 0.156 e. The van der Waals surface area contributed by atoms with E-state index in [4.69, 9.17) is 13.9 Å². The first-order valence-corrected chi connectivity index (χ1v) is 12.2. The van der Waals surface area contributed by atoms with Gasteiger partial charge in [0, 0.05) is 16.3 Å². The SMILES string of the molecule is Brc1cccc2c1oc1c(-c3cc4c5c(c3)Oc3ccccc3N5c3ccccc3O4)cccc12. The van der Waals surface area contributed by atoms with Gasteiger partial charge in [-0.05, 0) is 64.0 Å². The van der Waals surface area contributed by atoms with E-state index in [1.807, 2.05) is 48.5 Å². The van der Waals surface area contributed by atoms with E-state index in [-0.39, 0.29) is 0 Å². The molecule has 0 bridgehead atoms. The van der Waals surface area contributed by atoms with E-state index in [1.165, 1.54) is 0 Å². The molecule has 166 valence electrons. The van der Waals surface area contributed by atoms with Crippen LogP contribution in [0.4, 0.5) is 17.1 Å². The highest BCUT2D eigenvalue weighted by Crippen LogP contribution is 2.60. The zero-order valence-corrected chi connectivity index (χ0v) is 19.9. The molecule has 2 aliphatic rings. The molecule has 0 saturated carbocycles. The molecule has 0 unspecified atom stereocenters. The standard InChI is InChI=1S/C30H16BrNO3/c31-21-10-6-9-20-19-8-5-7-18(29(19)35-30(20)21)17-15-26-28-27(16-17)34-25-14-4-2-12-23(25)32(28)22-11-1-3-13-24(22)33-26/h1-16H. The Hall–Kier alpha value is -4.22. The Labute approximate surface area is 209 Å². The first kappa shape index (κ1) is 19.1. The van der Waals surface area contributed by atoms with Crippen molar-refractivity contribution in [1.29, 1.82) is 0 Å². The Kier molecular flexibility index (Phi) is 3.77. The minimum Gasteiger partial charge on any atom is -0.454 e. The first-order valence-electron chi connectivity index (χ1n) is 11.4. The van der Waals surface area contributed by atoms with Gasteiger partial charge in [-0.15, -0.1) is 0 Å². The normalized spacial score (nSPS) is 13.1. The zero-order valence-electron chi connectivity index (χ0n) is 18.3. The number of rotatable bonds is 1. The number of nitrogens with zero attached hydrogens (tertiary/aromatic N) is 1. The summed E-state index contributed by atoms with van der Waals surface area (Å²) in [5.74, 6) is 3.12. The molecular weight excluding hydrogens is 502 g/mol. The highest BCUT2D eigenvalue weighted by Gasteiger charge is 2.35. The summed E-state index contributed by atoms with van der Waals surface area (Å²) >= 11 is 3.63. The van der Waals surface area contributed by atoms with Crippen molar-refractivity contribution in [3.8, 4) is 34.1 Å². The molecule has 3 heterocycles. The summed E-state index contributed by atoms with van der Waals surface area (Å²) in [6.07, 6.45) is 0. The lowest BCUT2D eigenvalue weighted by atomic mass is 9.99. The number of fused-ring (bicyclic) bond motifs is 7. The van der Waals surface area contributed by atoms with Crippen LogP contribution in [0.5, 0.6) is 23.0 Å². The van der Waals surface area contributed by atoms with Crippen LogP contribution in [0.3, 0.4) is 0 Å². The lowest BCUT2D eigenvalue weighted by Crippen LogP contribution is -2.20. The summed E-state index contributed by atoms with van der Waals surface area (Å²) in [6, 6.07) is 32.7. The topological polar surface area (TPSA) is 34.8 Å². The molecule has 0 saturated heterocycles. The van der Waals surface area contributed by atoms with E-state index < -0.39 is 0 Å². The Morgan fingerprint density at radius 2 is 1.17 bits per heavy atom. The number of furan rings is 1. The summed E-state index contributed by atoms with van der Waals surface area (Å²) < 4.78 is 20.2. The summed E-state index contributed by atoms with van der Waals surface area (Å²) in [6.45, 7) is 0. The van der Waals surface area contributed by atoms with E-state index in [1.54, 1.807) is 0 Å². The van der Waals surface area contributed by atoms with Gasteiger partial charge in [-0.2, -0.15) is 0 Å². The summed E-state index contributed by atoms with van der Waals surface area (Å²) in [7, 11) is 0. The molecule has 1 aromatic heterocycles. The van der Waals surface area contributed by atoms with Crippen LogP contribution in [0.1, 0.15) is 0 Å². The van der Waals surface area contributed by atoms with E-state index in [0.717, 1.165) is 77.6 Å². The first-order chi connectivity index (χ1) is 17.3. The molecule has 5 heteroatoms. The minimum atomic E-state index is 0.750. The van der Waals surface area contributed by atoms with Gasteiger partial charge in [-0.25, -0.2) is 0 Å². The van der Waals surface area contributed by atoms with Crippen molar-refractivity contribution in [3.63, 3.8) is 0 Å². The molecule has 2 aliphatic heterocycles. The van der Waals surface area contributed by atoms with Crippen LogP contribution in [0.25, 0.3) is 33.1 Å². The van der Waals surface area contributed by atoms with Crippen LogP contribution >= 0.6 is 15.9 Å². The van der Waals surface area contributed by atoms with Crippen molar-refractivity contribution >= 4 is 54.9 Å². The Balaban J connectivity index is 1.40. The van der Waals surface area contributed by atoms with Gasteiger partial charge in [0.1, 0.15) is 16.9 Å². The van der Waals surface area contributed by atoms with Gasteiger partial charge in [-0.1, -0.05) is 54.6 Å². The van der Waals surface area contributed by atoms with Gasteiger partial charge < -0.3 is 13.9 Å². The quantitative estimate of drug-likeness (QED) is 0.217. The molecule has 0 radical (unpaired) electrons. The molecule has 6 aromatic rings. The van der Waals surface area contributed by atoms with E-state index in [2.05, 4.69) is 69.4 Å². The van der Waals surface area contributed by atoms with Gasteiger partial charge in [0.15, 0.2) is 23.0 Å². The third-order valence-corrected chi connectivity index (χ3v) is 7.33. The number of halogens is 1. The molecule has 0 fully saturated rings. The van der Waals surface area contributed by atoms with E-state index >= 15 is 0 Å². The fourth-order valence-corrected chi connectivity index (χ4v) is 5.64. The molecule has 8 rings (SSSR count). The minimum absolute atomic E-state index is 0.750. The van der Waals surface area contributed by atoms with Gasteiger partial charge in [0.05, 0.1) is 15.8 Å². The maximum atomic E-state index is 6.43. The molecule has 0 spiro atoms. The second-order valence-corrected chi connectivity index (χ2v) is 9.55. The average Bonchev–Trinajstić information content (AvgIpc) is 3.28. The third kappa shape index (κ3) is 2.61. The summed E-state index contributed by atoms with van der Waals surface area (Å²) in [5.41, 5.74) is 6.54. The van der Waals surface area contributed by atoms with Crippen molar-refractivity contribution in [1.82, 2.24) is 0 Å². The fraction of sp³-hybridized carbons (Fsp3) is 0. The van der Waals surface area contributed by atoms with Crippen molar-refractivity contribution in [2.45, 2.75) is 0 Å². The lowest BCUT2D eigenvalue weighted by molar-refractivity contribution is 0.446. The van der Waals surface area contributed by atoms with E-state index in [9.17, 15) is 0 Å². The molecule has 0 N–H and O–H groups in total. The molecule has 35 heavy (non-hydrogen) atoms. The third-order valence-electron chi connectivity index (χ3n) is 6.70. The van der Waals surface area contributed by atoms with Crippen LogP contribution in [-0.4, -0.2) is 0 Å². The van der Waals surface area contributed by atoms with Crippen molar-refractivity contribution in [3.05, 3.63) is 102 Å². The number of benzene rings is 5. The van der Waals surface area contributed by atoms with Gasteiger partial charge in [0.2, 0.25) is 0 Å². The predicted octanol–water partition coefficient (Wildman–Crippen LogP) is 9.70. The maximum absolute atomic E-state index is 6.43. The van der Waals surface area contributed by atoms with Crippen LogP contribution in [0.2, 0.25) is 0 Å². The smallest absolute Gasteiger partial charge is 0.156 e. The lowest BCUT2D eigenvalue weighted by Gasteiger charge is -2.38. The monoisotopic (exact) mass is 517 g/mol.